The van der Waals surface area contributed by atoms with Gasteiger partial charge in [-0.15, -0.1) is 0 Å². The van der Waals surface area contributed by atoms with Crippen molar-refractivity contribution in [2.45, 2.75) is 6.54 Å². The number of nitrogens with one attached hydrogen (secondary N) is 3. The van der Waals surface area contributed by atoms with E-state index in [0.717, 1.165) is 6.07 Å². The van der Waals surface area contributed by atoms with Gasteiger partial charge >= 0.3 is 12.0 Å². The van der Waals surface area contributed by atoms with Gasteiger partial charge in [-0.05, 0) is 12.1 Å². The number of urea groups is 1. The fourth-order valence-electron chi connectivity index (χ4n) is 1.54. The maximum Gasteiger partial charge on any atom is 0.337 e. The molecule has 7 nitrogen and oxygen atoms in total. The van der Waals surface area contributed by atoms with Crippen LogP contribution in [-0.4, -0.2) is 27.1 Å². The highest BCUT2D eigenvalue weighted by atomic mass is 19.1. The van der Waals surface area contributed by atoms with E-state index in [1.54, 1.807) is 0 Å². The molecule has 8 heteroatoms. The number of carbonyl (C=O) groups is 2. The highest BCUT2D eigenvalue weighted by Crippen LogP contribution is 2.19. The molecule has 20 heavy (non-hydrogen) atoms. The van der Waals surface area contributed by atoms with Crippen molar-refractivity contribution < 1.29 is 19.1 Å². The van der Waals surface area contributed by atoms with Crippen molar-refractivity contribution in [3.63, 3.8) is 0 Å². The van der Waals surface area contributed by atoms with Crippen LogP contribution in [0.3, 0.4) is 0 Å². The van der Waals surface area contributed by atoms with Gasteiger partial charge in [-0.1, -0.05) is 6.07 Å². The molecule has 0 unspecified atom stereocenters. The number of hydrogen-bond donors (Lipinski definition) is 4. The summed E-state index contributed by atoms with van der Waals surface area (Å²) in [6.07, 6.45) is 2.97. The van der Waals surface area contributed by atoms with Crippen LogP contribution >= 0.6 is 0 Å². The summed E-state index contributed by atoms with van der Waals surface area (Å²) in [5, 5.41) is 13.6. The minimum absolute atomic E-state index is 0.155. The molecule has 0 atom stereocenters. The van der Waals surface area contributed by atoms with E-state index in [9.17, 15) is 14.0 Å². The lowest BCUT2D eigenvalue weighted by Gasteiger charge is -2.10. The summed E-state index contributed by atoms with van der Waals surface area (Å²) >= 11 is 0. The molecule has 2 rings (SSSR count). The van der Waals surface area contributed by atoms with Crippen molar-refractivity contribution in [2.24, 2.45) is 0 Å². The smallest absolute Gasteiger partial charge is 0.337 e. The first kappa shape index (κ1) is 13.5. The fourth-order valence-corrected chi connectivity index (χ4v) is 1.54. The predicted octanol–water partition coefficient (Wildman–Crippen LogP) is 1.57. The number of hydrogen-bond acceptors (Lipinski definition) is 3. The lowest BCUT2D eigenvalue weighted by atomic mass is 10.1. The zero-order valence-corrected chi connectivity index (χ0v) is 10.2. The lowest BCUT2D eigenvalue weighted by molar-refractivity contribution is 0.0697. The number of aromatic carboxylic acids is 1. The average molecular weight is 278 g/mol. The van der Waals surface area contributed by atoms with E-state index >= 15 is 0 Å². The van der Waals surface area contributed by atoms with Crippen LogP contribution in [0.5, 0.6) is 0 Å². The summed E-state index contributed by atoms with van der Waals surface area (Å²) in [5.41, 5.74) is -0.0315. The average Bonchev–Trinajstić information content (AvgIpc) is 2.91. The number of carboxylic acids is 1. The number of anilines is 1. The van der Waals surface area contributed by atoms with Gasteiger partial charge in [0.1, 0.15) is 5.82 Å². The van der Waals surface area contributed by atoms with Crippen molar-refractivity contribution >= 4 is 17.7 Å². The number of carbonyl (C=O) groups excluding carboxylic acids is 1. The van der Waals surface area contributed by atoms with Crippen LogP contribution in [0.1, 0.15) is 16.1 Å². The Morgan fingerprint density at radius 1 is 1.40 bits per heavy atom. The van der Waals surface area contributed by atoms with E-state index in [0.29, 0.717) is 5.69 Å². The molecule has 0 aliphatic carbocycles. The van der Waals surface area contributed by atoms with Gasteiger partial charge in [-0.25, -0.2) is 19.0 Å². The van der Waals surface area contributed by atoms with Gasteiger partial charge in [0, 0.05) is 6.20 Å². The largest absolute Gasteiger partial charge is 0.478 e. The number of halogens is 1. The molecule has 0 bridgehead atoms. The number of aromatic nitrogens is 2. The Morgan fingerprint density at radius 3 is 2.85 bits per heavy atom. The number of carboxylic acid groups (broad SMARTS) is 1. The highest BCUT2D eigenvalue weighted by Gasteiger charge is 2.16. The minimum atomic E-state index is -1.33. The Labute approximate surface area is 112 Å². The summed E-state index contributed by atoms with van der Waals surface area (Å²) in [7, 11) is 0. The molecule has 0 aliphatic heterocycles. The molecule has 0 saturated carbocycles. The van der Waals surface area contributed by atoms with Crippen LogP contribution in [0.4, 0.5) is 14.9 Å². The second-order valence-corrected chi connectivity index (χ2v) is 3.85. The minimum Gasteiger partial charge on any atom is -0.478 e. The van der Waals surface area contributed by atoms with Gasteiger partial charge in [0.25, 0.3) is 0 Å². The topological polar surface area (TPSA) is 107 Å². The van der Waals surface area contributed by atoms with Gasteiger partial charge in [0.2, 0.25) is 0 Å². The van der Waals surface area contributed by atoms with Crippen LogP contribution in [0.25, 0.3) is 0 Å². The molecule has 0 fully saturated rings. The molecular formula is C12H11FN4O3. The number of rotatable bonds is 4. The second kappa shape index (κ2) is 5.83. The highest BCUT2D eigenvalue weighted by molar-refractivity contribution is 6.00. The number of benzene rings is 1. The first-order valence-electron chi connectivity index (χ1n) is 5.62. The first-order valence-corrected chi connectivity index (χ1v) is 5.62. The molecule has 0 saturated heterocycles. The number of H-pyrrole nitrogens is 1. The van der Waals surface area contributed by atoms with E-state index in [4.69, 9.17) is 5.11 Å². The third-order valence-corrected chi connectivity index (χ3v) is 2.48. The SMILES string of the molecule is O=C(NCc1cnc[nH]1)Nc1c(F)cccc1C(=O)O. The zero-order valence-electron chi connectivity index (χ0n) is 10.2. The van der Waals surface area contributed by atoms with Gasteiger partial charge in [0.15, 0.2) is 0 Å². The molecule has 1 aromatic heterocycles. The molecule has 0 spiro atoms. The van der Waals surface area contributed by atoms with Crippen LogP contribution in [0.2, 0.25) is 0 Å². The second-order valence-electron chi connectivity index (χ2n) is 3.85. The Hall–Kier alpha value is -2.90. The molecule has 4 N–H and O–H groups in total. The monoisotopic (exact) mass is 278 g/mol. The number of nitrogens with zero attached hydrogens (tertiary/aromatic N) is 1. The van der Waals surface area contributed by atoms with Crippen molar-refractivity contribution in [3.8, 4) is 0 Å². The maximum atomic E-state index is 13.6. The fraction of sp³-hybridized carbons (Fsp3) is 0.0833. The molecule has 104 valence electrons. The van der Waals surface area contributed by atoms with Crippen LogP contribution in [0, 0.1) is 5.82 Å². The van der Waals surface area contributed by atoms with Crippen LogP contribution in [0.15, 0.2) is 30.7 Å². The van der Waals surface area contributed by atoms with Crippen molar-refractivity contribution in [1.29, 1.82) is 0 Å². The van der Waals surface area contributed by atoms with Crippen LogP contribution < -0.4 is 10.6 Å². The third kappa shape index (κ3) is 3.10. The molecule has 2 amide bonds. The summed E-state index contributed by atoms with van der Waals surface area (Å²) in [5.74, 6) is -2.14. The van der Waals surface area contributed by atoms with E-state index in [1.165, 1.54) is 24.7 Å². The maximum absolute atomic E-state index is 13.6. The molecule has 2 aromatic rings. The normalized spacial score (nSPS) is 10.1. The number of para-hydroxylation sites is 1. The van der Waals surface area contributed by atoms with E-state index < -0.39 is 17.8 Å². The van der Waals surface area contributed by atoms with E-state index in [2.05, 4.69) is 20.6 Å². The van der Waals surface area contributed by atoms with Crippen LogP contribution in [-0.2, 0) is 6.54 Å². The van der Waals surface area contributed by atoms with Gasteiger partial charge in [0.05, 0.1) is 29.8 Å². The van der Waals surface area contributed by atoms with Crippen molar-refractivity contribution in [1.82, 2.24) is 15.3 Å². The van der Waals surface area contributed by atoms with Crippen molar-refractivity contribution in [3.05, 3.63) is 47.8 Å². The Bertz CT molecular complexity index is 628. The van der Waals surface area contributed by atoms with E-state index in [1.807, 2.05) is 0 Å². The molecular weight excluding hydrogens is 267 g/mol. The third-order valence-electron chi connectivity index (χ3n) is 2.48. The standard InChI is InChI=1S/C12H11FN4O3/c13-9-3-1-2-8(11(18)19)10(9)17-12(20)15-5-7-4-14-6-16-7/h1-4,6H,5H2,(H,14,16)(H,18,19)(H2,15,17,20). The van der Waals surface area contributed by atoms with Gasteiger partial charge in [-0.3, -0.25) is 0 Å². The number of aromatic amines is 1. The number of imidazole rings is 1. The summed E-state index contributed by atoms with van der Waals surface area (Å²) in [4.78, 5) is 29.1. The zero-order chi connectivity index (χ0) is 14.5. The Kier molecular flexibility index (Phi) is 3.94. The van der Waals surface area contributed by atoms with E-state index in [-0.39, 0.29) is 17.8 Å². The molecule has 0 radical (unpaired) electrons. The summed E-state index contributed by atoms with van der Waals surface area (Å²) in [6.45, 7) is 0.155. The quantitative estimate of drug-likeness (QED) is 0.680. The van der Waals surface area contributed by atoms with Gasteiger partial charge < -0.3 is 20.7 Å². The Morgan fingerprint density at radius 2 is 2.20 bits per heavy atom. The predicted molar refractivity (Wildman–Crippen MR) is 67.8 cm³/mol. The Balaban J connectivity index is 2.06. The van der Waals surface area contributed by atoms with Gasteiger partial charge in [-0.2, -0.15) is 0 Å². The lowest BCUT2D eigenvalue weighted by Crippen LogP contribution is -2.29. The molecule has 1 heterocycles. The number of amides is 2. The summed E-state index contributed by atoms with van der Waals surface area (Å²) < 4.78 is 13.6. The molecule has 1 aromatic carbocycles. The summed E-state index contributed by atoms with van der Waals surface area (Å²) in [6, 6.07) is 2.81. The molecule has 0 aliphatic rings. The van der Waals surface area contributed by atoms with Crippen molar-refractivity contribution in [2.75, 3.05) is 5.32 Å². The first-order chi connectivity index (χ1) is 9.58.